The van der Waals surface area contributed by atoms with Gasteiger partial charge in [0.15, 0.2) is 0 Å². The van der Waals surface area contributed by atoms with Gasteiger partial charge < -0.3 is 4.74 Å². The predicted molar refractivity (Wildman–Crippen MR) is 79.1 cm³/mol. The summed E-state index contributed by atoms with van der Waals surface area (Å²) in [5.74, 6) is 1.61. The van der Waals surface area contributed by atoms with Gasteiger partial charge in [-0.25, -0.2) is 0 Å². The summed E-state index contributed by atoms with van der Waals surface area (Å²) in [6.07, 6.45) is 6.87. The van der Waals surface area contributed by atoms with Crippen LogP contribution in [-0.2, 0) is 4.74 Å². The number of rotatable bonds is 8. The molecule has 0 spiro atoms. The lowest BCUT2D eigenvalue weighted by molar-refractivity contribution is 0.200. The van der Waals surface area contributed by atoms with Crippen molar-refractivity contribution < 1.29 is 4.74 Å². The molecule has 0 heterocycles. The van der Waals surface area contributed by atoms with Crippen LogP contribution in [0, 0.1) is 5.92 Å². The van der Waals surface area contributed by atoms with Gasteiger partial charge in [-0.05, 0) is 30.4 Å². The van der Waals surface area contributed by atoms with Crippen LogP contribution in [0.5, 0.6) is 0 Å². The molecule has 0 radical (unpaired) electrons. The van der Waals surface area contributed by atoms with Crippen LogP contribution in [-0.4, -0.2) is 6.61 Å². The zero-order valence-electron chi connectivity index (χ0n) is 12.4. The molecular weight excluding hydrogens is 208 g/mol. The smallest absolute Gasteiger partial charge is 0.121 e. The first-order valence-electron chi connectivity index (χ1n) is 6.80. The quantitative estimate of drug-likeness (QED) is 0.400. The van der Waals surface area contributed by atoms with E-state index in [1.165, 1.54) is 6.42 Å². The standard InChI is InChI=1S/C14H24O.C2H6/c1-6-12(5)10-11-15-14(9-4)13(7-2)8-3;1-2/h7,9,12H,2,4,6,8,10-11H2,1,3,5H3;1-2H3/b14-13-;. The first kappa shape index (κ1) is 18.4. The van der Waals surface area contributed by atoms with E-state index < -0.39 is 0 Å². The highest BCUT2D eigenvalue weighted by Gasteiger charge is 2.02. The lowest BCUT2D eigenvalue weighted by atomic mass is 10.1. The van der Waals surface area contributed by atoms with Crippen LogP contribution in [0.1, 0.15) is 53.9 Å². The highest BCUT2D eigenvalue weighted by molar-refractivity contribution is 5.26. The van der Waals surface area contributed by atoms with Crippen molar-refractivity contribution in [2.45, 2.75) is 53.9 Å². The molecule has 100 valence electrons. The van der Waals surface area contributed by atoms with Crippen LogP contribution in [0.4, 0.5) is 0 Å². The van der Waals surface area contributed by atoms with Crippen molar-refractivity contribution in [3.63, 3.8) is 0 Å². The molecule has 0 saturated heterocycles. The number of allylic oxidation sites excluding steroid dienone is 3. The molecule has 0 saturated carbocycles. The second-order valence-electron chi connectivity index (χ2n) is 3.80. The van der Waals surface area contributed by atoms with Gasteiger partial charge in [0.25, 0.3) is 0 Å². The Balaban J connectivity index is 0. The Labute approximate surface area is 108 Å². The van der Waals surface area contributed by atoms with Gasteiger partial charge in [0.05, 0.1) is 6.61 Å². The maximum absolute atomic E-state index is 5.70. The molecule has 0 aromatic heterocycles. The van der Waals surface area contributed by atoms with Crippen LogP contribution >= 0.6 is 0 Å². The van der Waals surface area contributed by atoms with Gasteiger partial charge in [-0.2, -0.15) is 0 Å². The molecule has 0 aliphatic heterocycles. The van der Waals surface area contributed by atoms with Gasteiger partial charge in [0.2, 0.25) is 0 Å². The first-order chi connectivity index (χ1) is 8.19. The highest BCUT2D eigenvalue weighted by Crippen LogP contribution is 2.14. The predicted octanol–water partition coefficient (Wildman–Crippen LogP) is 5.50. The fourth-order valence-corrected chi connectivity index (χ4v) is 1.28. The second-order valence-corrected chi connectivity index (χ2v) is 3.80. The summed E-state index contributed by atoms with van der Waals surface area (Å²) >= 11 is 0. The van der Waals surface area contributed by atoms with Crippen LogP contribution in [0.3, 0.4) is 0 Å². The van der Waals surface area contributed by atoms with Gasteiger partial charge in [0, 0.05) is 0 Å². The highest BCUT2D eigenvalue weighted by atomic mass is 16.5. The molecule has 17 heavy (non-hydrogen) atoms. The monoisotopic (exact) mass is 238 g/mol. The SMILES string of the molecule is C=C/C(CC)=C(\C=C)OCCC(C)CC.CC. The molecule has 0 aromatic rings. The molecule has 0 fully saturated rings. The molecule has 0 N–H and O–H groups in total. The Morgan fingerprint density at radius 2 is 1.76 bits per heavy atom. The summed E-state index contributed by atoms with van der Waals surface area (Å²) in [5, 5.41) is 0. The maximum Gasteiger partial charge on any atom is 0.121 e. The Kier molecular flexibility index (Phi) is 14.2. The van der Waals surface area contributed by atoms with Crippen molar-refractivity contribution in [3.05, 3.63) is 36.6 Å². The van der Waals surface area contributed by atoms with Crippen molar-refractivity contribution in [1.82, 2.24) is 0 Å². The summed E-state index contributed by atoms with van der Waals surface area (Å²) in [4.78, 5) is 0. The van der Waals surface area contributed by atoms with Crippen LogP contribution in [0.15, 0.2) is 36.6 Å². The fraction of sp³-hybridized carbons (Fsp3) is 0.625. The van der Waals surface area contributed by atoms with Crippen molar-refractivity contribution in [3.8, 4) is 0 Å². The molecule has 1 atom stereocenters. The summed E-state index contributed by atoms with van der Waals surface area (Å²) in [5.41, 5.74) is 1.13. The molecular formula is C16H30O. The summed E-state index contributed by atoms with van der Waals surface area (Å²) < 4.78 is 5.70. The number of hydrogen-bond acceptors (Lipinski definition) is 1. The molecule has 1 nitrogen and oxygen atoms in total. The van der Waals surface area contributed by atoms with Crippen molar-refractivity contribution in [2.24, 2.45) is 5.92 Å². The average molecular weight is 238 g/mol. The molecule has 1 unspecified atom stereocenters. The minimum atomic E-state index is 0.727. The zero-order valence-corrected chi connectivity index (χ0v) is 12.4. The lowest BCUT2D eigenvalue weighted by Gasteiger charge is -2.12. The molecule has 0 aromatic carbocycles. The van der Waals surface area contributed by atoms with Crippen molar-refractivity contribution >= 4 is 0 Å². The third-order valence-corrected chi connectivity index (χ3v) is 2.69. The van der Waals surface area contributed by atoms with E-state index in [1.807, 2.05) is 19.9 Å². The Hall–Kier alpha value is -0.980. The number of hydrogen-bond donors (Lipinski definition) is 0. The molecule has 0 rings (SSSR count). The van der Waals surface area contributed by atoms with E-state index in [9.17, 15) is 0 Å². The molecule has 1 heteroatoms. The normalized spacial score (nSPS) is 12.8. The minimum Gasteiger partial charge on any atom is -0.493 e. The topological polar surface area (TPSA) is 9.23 Å². The Morgan fingerprint density at radius 1 is 1.18 bits per heavy atom. The third-order valence-electron chi connectivity index (χ3n) is 2.69. The minimum absolute atomic E-state index is 0.727. The van der Waals surface area contributed by atoms with Crippen LogP contribution in [0.2, 0.25) is 0 Å². The molecule has 0 amide bonds. The summed E-state index contributed by atoms with van der Waals surface area (Å²) in [6.45, 7) is 18.9. The molecule has 0 aliphatic carbocycles. The van der Waals surface area contributed by atoms with E-state index in [4.69, 9.17) is 4.74 Å². The van der Waals surface area contributed by atoms with Gasteiger partial charge in [-0.15, -0.1) is 0 Å². The number of ether oxygens (including phenoxy) is 1. The maximum atomic E-state index is 5.70. The van der Waals surface area contributed by atoms with Gasteiger partial charge >= 0.3 is 0 Å². The van der Waals surface area contributed by atoms with Crippen LogP contribution < -0.4 is 0 Å². The van der Waals surface area contributed by atoms with E-state index in [1.54, 1.807) is 6.08 Å². The Bertz CT molecular complexity index is 226. The average Bonchev–Trinajstić information content (AvgIpc) is 2.40. The molecule has 0 aliphatic rings. The van der Waals surface area contributed by atoms with Crippen LogP contribution in [0.25, 0.3) is 0 Å². The first-order valence-corrected chi connectivity index (χ1v) is 6.80. The largest absolute Gasteiger partial charge is 0.493 e. The van der Waals surface area contributed by atoms with E-state index in [-0.39, 0.29) is 0 Å². The Morgan fingerprint density at radius 3 is 2.12 bits per heavy atom. The van der Waals surface area contributed by atoms with Gasteiger partial charge in [-0.3, -0.25) is 0 Å². The van der Waals surface area contributed by atoms with Crippen molar-refractivity contribution in [2.75, 3.05) is 6.61 Å². The molecule has 0 bridgehead atoms. The second kappa shape index (κ2) is 13.1. The van der Waals surface area contributed by atoms with Crippen molar-refractivity contribution in [1.29, 1.82) is 0 Å². The fourth-order valence-electron chi connectivity index (χ4n) is 1.28. The zero-order chi connectivity index (χ0) is 13.7. The van der Waals surface area contributed by atoms with E-state index in [0.717, 1.165) is 36.7 Å². The van der Waals surface area contributed by atoms with Gasteiger partial charge in [-0.1, -0.05) is 60.3 Å². The van der Waals surface area contributed by atoms with E-state index >= 15 is 0 Å². The van der Waals surface area contributed by atoms with Gasteiger partial charge in [0.1, 0.15) is 5.76 Å². The summed E-state index contributed by atoms with van der Waals surface area (Å²) in [6, 6.07) is 0. The lowest BCUT2D eigenvalue weighted by Crippen LogP contribution is -2.01. The summed E-state index contributed by atoms with van der Waals surface area (Å²) in [7, 11) is 0. The van der Waals surface area contributed by atoms with E-state index in [2.05, 4.69) is 33.9 Å². The van der Waals surface area contributed by atoms with E-state index in [0.29, 0.717) is 0 Å². The third kappa shape index (κ3) is 8.79.